The number of amidine groups is 1. The van der Waals surface area contributed by atoms with E-state index in [1.807, 2.05) is 11.8 Å². The fourth-order valence-electron chi connectivity index (χ4n) is 7.50. The number of hydrogen-bond donors (Lipinski definition) is 4. The van der Waals surface area contributed by atoms with Gasteiger partial charge in [0.1, 0.15) is 6.04 Å². The monoisotopic (exact) mass is 504 g/mol. The summed E-state index contributed by atoms with van der Waals surface area (Å²) in [6, 6.07) is -0.304. The van der Waals surface area contributed by atoms with Crippen molar-refractivity contribution in [2.75, 3.05) is 32.8 Å². The summed E-state index contributed by atoms with van der Waals surface area (Å²) in [5, 5.41) is 8.05. The molecule has 2 heterocycles. The van der Waals surface area contributed by atoms with E-state index in [4.69, 9.17) is 27.3 Å². The Morgan fingerprint density at radius 1 is 0.972 bits per heavy atom. The molecule has 7 N–H and O–H groups in total. The zero-order valence-electron chi connectivity index (χ0n) is 22.1. The van der Waals surface area contributed by atoms with Crippen molar-refractivity contribution < 1.29 is 14.3 Å². The summed E-state index contributed by atoms with van der Waals surface area (Å²) < 4.78 is 5.25. The molecule has 204 valence electrons. The lowest BCUT2D eigenvalue weighted by Gasteiger charge is -2.41. The fourth-order valence-corrected chi connectivity index (χ4v) is 7.50. The SMILES string of the molecule is CCOC(=O)C1CCC(CN2C3CC(C(=N)N)CCC3C(N)C2C(=O)N2CCC(CCN)CC2)CC1. The van der Waals surface area contributed by atoms with Gasteiger partial charge in [-0.25, -0.2) is 0 Å². The largest absolute Gasteiger partial charge is 0.466 e. The number of carbonyl (C=O) groups excluding carboxylic acids is 2. The smallest absolute Gasteiger partial charge is 0.308 e. The molecule has 2 saturated carbocycles. The molecular formula is C27H48N6O3. The van der Waals surface area contributed by atoms with Gasteiger partial charge >= 0.3 is 5.97 Å². The van der Waals surface area contributed by atoms with Gasteiger partial charge in [-0.2, -0.15) is 0 Å². The molecule has 9 heteroatoms. The molecule has 4 aliphatic rings. The highest BCUT2D eigenvalue weighted by atomic mass is 16.5. The Labute approximate surface area is 216 Å². The van der Waals surface area contributed by atoms with E-state index >= 15 is 0 Å². The molecule has 0 bridgehead atoms. The van der Waals surface area contributed by atoms with Crippen LogP contribution in [0.4, 0.5) is 0 Å². The Hall–Kier alpha value is -1.71. The molecule has 5 atom stereocenters. The van der Waals surface area contributed by atoms with Gasteiger partial charge < -0.3 is 26.8 Å². The number of esters is 1. The third kappa shape index (κ3) is 5.89. The summed E-state index contributed by atoms with van der Waals surface area (Å²) in [6.45, 7) is 5.40. The Balaban J connectivity index is 1.47. The van der Waals surface area contributed by atoms with Crippen LogP contribution in [0.2, 0.25) is 0 Å². The number of rotatable bonds is 8. The second kappa shape index (κ2) is 12.2. The van der Waals surface area contributed by atoms with Crippen molar-refractivity contribution in [2.24, 2.45) is 46.8 Å². The van der Waals surface area contributed by atoms with Crippen LogP contribution in [0.1, 0.15) is 71.1 Å². The van der Waals surface area contributed by atoms with Gasteiger partial charge in [-0.3, -0.25) is 19.9 Å². The number of ether oxygens (including phenoxy) is 1. The Kier molecular flexibility index (Phi) is 9.28. The Morgan fingerprint density at radius 3 is 2.25 bits per heavy atom. The molecule has 0 spiro atoms. The molecule has 9 nitrogen and oxygen atoms in total. The van der Waals surface area contributed by atoms with E-state index in [0.717, 1.165) is 83.8 Å². The van der Waals surface area contributed by atoms with Gasteiger partial charge in [0.25, 0.3) is 0 Å². The molecule has 0 aromatic carbocycles. The Bertz CT molecular complexity index is 777. The highest BCUT2D eigenvalue weighted by Gasteiger charge is 2.53. The number of piperidine rings is 1. The van der Waals surface area contributed by atoms with E-state index in [-0.39, 0.29) is 53.6 Å². The van der Waals surface area contributed by atoms with Gasteiger partial charge in [-0.15, -0.1) is 0 Å². The molecule has 5 unspecified atom stereocenters. The molecule has 36 heavy (non-hydrogen) atoms. The number of fused-ring (bicyclic) bond motifs is 1. The van der Waals surface area contributed by atoms with E-state index in [9.17, 15) is 9.59 Å². The summed E-state index contributed by atoms with van der Waals surface area (Å²) in [5.74, 6) is 1.75. The first-order chi connectivity index (χ1) is 17.3. The predicted molar refractivity (Wildman–Crippen MR) is 140 cm³/mol. The number of amides is 1. The molecule has 1 amide bonds. The van der Waals surface area contributed by atoms with Crippen LogP contribution in [-0.2, 0) is 14.3 Å². The van der Waals surface area contributed by atoms with Crippen molar-refractivity contribution in [3.63, 3.8) is 0 Å². The standard InChI is InChI=1S/C27H48N6O3/c1-2-36-27(35)19-5-3-18(4-6-19)16-33-22-15-20(25(30)31)7-8-21(22)23(29)24(33)26(34)32-13-10-17(9-12-28)11-14-32/h17-24H,2-16,28-29H2,1H3,(H3,30,31). The summed E-state index contributed by atoms with van der Waals surface area (Å²) in [5.41, 5.74) is 18.6. The minimum atomic E-state index is -0.306. The van der Waals surface area contributed by atoms with Gasteiger partial charge in [0, 0.05) is 37.6 Å². The third-order valence-electron chi connectivity index (χ3n) is 9.64. The van der Waals surface area contributed by atoms with Crippen LogP contribution in [0, 0.1) is 35.0 Å². The molecule has 4 rings (SSSR count). The maximum Gasteiger partial charge on any atom is 0.308 e. The van der Waals surface area contributed by atoms with E-state index < -0.39 is 0 Å². The molecule has 4 fully saturated rings. The molecule has 0 radical (unpaired) electrons. The number of likely N-dealkylation sites (tertiary alicyclic amines) is 2. The van der Waals surface area contributed by atoms with Crippen LogP contribution in [-0.4, -0.2) is 78.4 Å². The molecule has 2 aliphatic heterocycles. The lowest BCUT2D eigenvalue weighted by Crippen LogP contribution is -2.55. The van der Waals surface area contributed by atoms with Gasteiger partial charge in [0.15, 0.2) is 0 Å². The molecular weight excluding hydrogens is 456 g/mol. The molecule has 2 saturated heterocycles. The van der Waals surface area contributed by atoms with Gasteiger partial charge in [0.05, 0.1) is 18.4 Å². The van der Waals surface area contributed by atoms with E-state index in [1.165, 1.54) is 0 Å². The van der Waals surface area contributed by atoms with Crippen molar-refractivity contribution in [3.8, 4) is 0 Å². The number of nitrogens with zero attached hydrogens (tertiary/aromatic N) is 2. The van der Waals surface area contributed by atoms with Crippen LogP contribution >= 0.6 is 0 Å². The quantitative estimate of drug-likeness (QED) is 0.223. The van der Waals surface area contributed by atoms with E-state index in [1.54, 1.807) is 0 Å². The van der Waals surface area contributed by atoms with E-state index in [0.29, 0.717) is 25.0 Å². The van der Waals surface area contributed by atoms with Crippen molar-refractivity contribution in [1.29, 1.82) is 5.41 Å². The van der Waals surface area contributed by atoms with Gasteiger partial charge in [-0.1, -0.05) is 0 Å². The van der Waals surface area contributed by atoms with Crippen molar-refractivity contribution in [2.45, 2.75) is 89.3 Å². The van der Waals surface area contributed by atoms with Crippen molar-refractivity contribution in [3.05, 3.63) is 0 Å². The lowest BCUT2D eigenvalue weighted by atomic mass is 9.76. The zero-order valence-corrected chi connectivity index (χ0v) is 22.1. The second-order valence-electron chi connectivity index (χ2n) is 11.7. The number of hydrogen-bond acceptors (Lipinski definition) is 7. The lowest BCUT2D eigenvalue weighted by molar-refractivity contribution is -0.149. The topological polar surface area (TPSA) is 152 Å². The van der Waals surface area contributed by atoms with Crippen molar-refractivity contribution in [1.82, 2.24) is 9.80 Å². The zero-order chi connectivity index (χ0) is 25.8. The highest BCUT2D eigenvalue weighted by molar-refractivity contribution is 5.84. The normalized spacial score (nSPS) is 35.9. The first kappa shape index (κ1) is 27.3. The highest BCUT2D eigenvalue weighted by Crippen LogP contribution is 2.43. The first-order valence-corrected chi connectivity index (χ1v) is 14.3. The average molecular weight is 505 g/mol. The maximum atomic E-state index is 14.0. The minimum absolute atomic E-state index is 0.00111. The van der Waals surface area contributed by atoms with Crippen LogP contribution in [0.3, 0.4) is 0 Å². The van der Waals surface area contributed by atoms with Crippen LogP contribution < -0.4 is 17.2 Å². The summed E-state index contributed by atoms with van der Waals surface area (Å²) in [6.07, 6.45) is 9.31. The number of nitrogens with two attached hydrogens (primary N) is 3. The summed E-state index contributed by atoms with van der Waals surface area (Å²) >= 11 is 0. The van der Waals surface area contributed by atoms with E-state index in [2.05, 4.69) is 4.90 Å². The number of nitrogens with one attached hydrogen (secondary N) is 1. The summed E-state index contributed by atoms with van der Waals surface area (Å²) in [4.78, 5) is 30.6. The first-order valence-electron chi connectivity index (χ1n) is 14.3. The molecule has 0 aromatic heterocycles. The fraction of sp³-hybridized carbons (Fsp3) is 0.889. The maximum absolute atomic E-state index is 14.0. The van der Waals surface area contributed by atoms with Gasteiger partial charge in [-0.05, 0) is 95.4 Å². The van der Waals surface area contributed by atoms with Crippen LogP contribution in [0.15, 0.2) is 0 Å². The van der Waals surface area contributed by atoms with Crippen LogP contribution in [0.5, 0.6) is 0 Å². The average Bonchev–Trinajstić information content (AvgIpc) is 3.15. The molecule has 2 aliphatic carbocycles. The predicted octanol–water partition coefficient (Wildman–Crippen LogP) is 1.68. The third-order valence-corrected chi connectivity index (χ3v) is 9.64. The Morgan fingerprint density at radius 2 is 1.64 bits per heavy atom. The van der Waals surface area contributed by atoms with Crippen molar-refractivity contribution >= 4 is 17.7 Å². The second-order valence-corrected chi connectivity index (χ2v) is 11.7. The summed E-state index contributed by atoms with van der Waals surface area (Å²) in [7, 11) is 0. The molecule has 0 aromatic rings. The number of carbonyl (C=O) groups is 2. The van der Waals surface area contributed by atoms with Gasteiger partial charge in [0.2, 0.25) is 5.91 Å². The van der Waals surface area contributed by atoms with Crippen LogP contribution in [0.25, 0.3) is 0 Å². The minimum Gasteiger partial charge on any atom is -0.466 e.